The van der Waals surface area contributed by atoms with Gasteiger partial charge < -0.3 is 9.84 Å². The van der Waals surface area contributed by atoms with E-state index in [1.807, 2.05) is 18.2 Å². The Morgan fingerprint density at radius 1 is 1.40 bits per heavy atom. The van der Waals surface area contributed by atoms with Gasteiger partial charge in [-0.3, -0.25) is 4.79 Å². The van der Waals surface area contributed by atoms with Gasteiger partial charge in [0.05, 0.1) is 12.5 Å². The number of fused-ring (bicyclic) bond motifs is 1. The van der Waals surface area contributed by atoms with Crippen LogP contribution < -0.4 is 4.74 Å². The smallest absolute Gasteiger partial charge is 0.310 e. The highest BCUT2D eigenvalue weighted by molar-refractivity contribution is 5.76. The maximum absolute atomic E-state index is 11.1. The van der Waals surface area contributed by atoms with E-state index in [9.17, 15) is 4.79 Å². The number of rotatable bonds is 2. The van der Waals surface area contributed by atoms with Gasteiger partial charge in [-0.2, -0.15) is 0 Å². The molecule has 1 unspecified atom stereocenters. The fourth-order valence-corrected chi connectivity index (χ4v) is 2.12. The molecule has 1 aliphatic carbocycles. The lowest BCUT2D eigenvalue weighted by Crippen LogP contribution is -2.27. The highest BCUT2D eigenvalue weighted by Crippen LogP contribution is 2.38. The van der Waals surface area contributed by atoms with E-state index < -0.39 is 11.4 Å². The van der Waals surface area contributed by atoms with Crippen molar-refractivity contribution >= 4 is 5.97 Å². The molecule has 1 aliphatic rings. The second-order valence-electron chi connectivity index (χ2n) is 4.35. The number of hydrogen-bond acceptors (Lipinski definition) is 2. The van der Waals surface area contributed by atoms with Crippen LogP contribution >= 0.6 is 0 Å². The van der Waals surface area contributed by atoms with E-state index in [2.05, 4.69) is 0 Å². The second kappa shape index (κ2) is 3.26. The van der Waals surface area contributed by atoms with E-state index in [0.717, 1.165) is 16.9 Å². The number of aliphatic carboxylic acids is 1. The summed E-state index contributed by atoms with van der Waals surface area (Å²) in [7, 11) is 1.62. The van der Waals surface area contributed by atoms with Crippen LogP contribution in [0.2, 0.25) is 0 Å². The van der Waals surface area contributed by atoms with Crippen LogP contribution in [0.25, 0.3) is 0 Å². The van der Waals surface area contributed by atoms with Gasteiger partial charge in [0, 0.05) is 0 Å². The molecule has 0 amide bonds. The van der Waals surface area contributed by atoms with Crippen LogP contribution in [0.3, 0.4) is 0 Å². The van der Waals surface area contributed by atoms with E-state index >= 15 is 0 Å². The minimum atomic E-state index is -0.724. The highest BCUT2D eigenvalue weighted by Gasteiger charge is 2.39. The molecule has 0 aromatic heterocycles. The van der Waals surface area contributed by atoms with Crippen LogP contribution in [0.4, 0.5) is 0 Å². The number of methoxy groups -OCH3 is 1. The first kappa shape index (κ1) is 10.0. The predicted molar refractivity (Wildman–Crippen MR) is 56.1 cm³/mol. The quantitative estimate of drug-likeness (QED) is 0.803. The van der Waals surface area contributed by atoms with Crippen molar-refractivity contribution in [2.75, 3.05) is 7.11 Å². The molecule has 0 radical (unpaired) electrons. The fraction of sp³-hybridized carbons (Fsp3) is 0.417. The molecule has 1 N–H and O–H groups in total. The third kappa shape index (κ3) is 1.58. The van der Waals surface area contributed by atoms with E-state index in [1.165, 1.54) is 0 Å². The summed E-state index contributed by atoms with van der Waals surface area (Å²) in [6, 6.07) is 5.78. The Hall–Kier alpha value is -1.51. The monoisotopic (exact) mass is 206 g/mol. The van der Waals surface area contributed by atoms with E-state index in [1.54, 1.807) is 14.0 Å². The Morgan fingerprint density at radius 3 is 2.67 bits per heavy atom. The Kier molecular flexibility index (Phi) is 2.18. The third-order valence-corrected chi connectivity index (χ3v) is 3.09. The van der Waals surface area contributed by atoms with Gasteiger partial charge in [-0.05, 0) is 43.0 Å². The molecule has 0 heterocycles. The predicted octanol–water partition coefficient (Wildman–Crippen LogP) is 1.88. The standard InChI is InChI=1S/C12H14O3/c1-12(11(13)14)6-8-3-4-10(15-2)5-9(8)7-12/h3-5H,6-7H2,1-2H3,(H,13,14). The summed E-state index contributed by atoms with van der Waals surface area (Å²) in [5.41, 5.74) is 1.58. The van der Waals surface area contributed by atoms with Crippen molar-refractivity contribution < 1.29 is 14.6 Å². The number of carboxylic acids is 1. The maximum Gasteiger partial charge on any atom is 0.310 e. The average Bonchev–Trinajstić information content (AvgIpc) is 2.54. The molecule has 0 fully saturated rings. The molecule has 2 rings (SSSR count). The van der Waals surface area contributed by atoms with Crippen molar-refractivity contribution in [1.29, 1.82) is 0 Å². The first-order valence-corrected chi connectivity index (χ1v) is 4.94. The summed E-state index contributed by atoms with van der Waals surface area (Å²) in [5.74, 6) is 0.0704. The molecule has 0 spiro atoms. The molecule has 0 aliphatic heterocycles. The van der Waals surface area contributed by atoms with Crippen LogP contribution in [-0.2, 0) is 17.6 Å². The Bertz CT molecular complexity index is 411. The van der Waals surface area contributed by atoms with Crippen LogP contribution in [0.5, 0.6) is 5.75 Å². The van der Waals surface area contributed by atoms with Gasteiger partial charge in [-0.25, -0.2) is 0 Å². The van der Waals surface area contributed by atoms with Gasteiger partial charge in [-0.1, -0.05) is 6.07 Å². The second-order valence-corrected chi connectivity index (χ2v) is 4.35. The zero-order valence-electron chi connectivity index (χ0n) is 8.91. The van der Waals surface area contributed by atoms with Gasteiger partial charge in [-0.15, -0.1) is 0 Å². The summed E-state index contributed by atoms with van der Waals surface area (Å²) in [5, 5.41) is 9.14. The van der Waals surface area contributed by atoms with Crippen LogP contribution in [-0.4, -0.2) is 18.2 Å². The number of carbonyl (C=O) groups is 1. The normalized spacial score (nSPS) is 23.6. The Balaban J connectivity index is 2.35. The minimum absolute atomic E-state index is 0.592. The first-order chi connectivity index (χ1) is 7.05. The van der Waals surface area contributed by atoms with Crippen molar-refractivity contribution in [2.24, 2.45) is 5.41 Å². The van der Waals surface area contributed by atoms with Gasteiger partial charge >= 0.3 is 5.97 Å². The molecule has 0 saturated carbocycles. The van der Waals surface area contributed by atoms with Crippen molar-refractivity contribution in [3.05, 3.63) is 29.3 Å². The molecular formula is C12H14O3. The fourth-order valence-electron chi connectivity index (χ4n) is 2.12. The summed E-state index contributed by atoms with van der Waals surface area (Å²) in [6.45, 7) is 1.79. The molecule has 15 heavy (non-hydrogen) atoms. The zero-order chi connectivity index (χ0) is 11.1. The van der Waals surface area contributed by atoms with Crippen molar-refractivity contribution in [1.82, 2.24) is 0 Å². The molecular weight excluding hydrogens is 192 g/mol. The van der Waals surface area contributed by atoms with Crippen LogP contribution in [0, 0.1) is 5.41 Å². The largest absolute Gasteiger partial charge is 0.497 e. The number of ether oxygens (including phenoxy) is 1. The number of benzene rings is 1. The van der Waals surface area contributed by atoms with Gasteiger partial charge in [0.1, 0.15) is 5.75 Å². The lowest BCUT2D eigenvalue weighted by molar-refractivity contribution is -0.147. The highest BCUT2D eigenvalue weighted by atomic mass is 16.5. The zero-order valence-corrected chi connectivity index (χ0v) is 8.91. The SMILES string of the molecule is COc1ccc2c(c1)CC(C)(C(=O)O)C2. The van der Waals surface area contributed by atoms with E-state index in [-0.39, 0.29) is 0 Å². The summed E-state index contributed by atoms with van der Waals surface area (Å²) < 4.78 is 5.12. The molecule has 1 atom stereocenters. The van der Waals surface area contributed by atoms with Crippen molar-refractivity contribution in [2.45, 2.75) is 19.8 Å². The molecule has 1 aromatic rings. The van der Waals surface area contributed by atoms with E-state index in [4.69, 9.17) is 9.84 Å². The first-order valence-electron chi connectivity index (χ1n) is 4.94. The average molecular weight is 206 g/mol. The molecule has 3 heteroatoms. The van der Waals surface area contributed by atoms with Crippen molar-refractivity contribution in [3.63, 3.8) is 0 Å². The summed E-state index contributed by atoms with van der Waals surface area (Å²) in [6.07, 6.45) is 1.20. The minimum Gasteiger partial charge on any atom is -0.497 e. The topological polar surface area (TPSA) is 46.5 Å². The molecule has 0 bridgehead atoms. The van der Waals surface area contributed by atoms with Crippen LogP contribution in [0.15, 0.2) is 18.2 Å². The molecule has 80 valence electrons. The summed E-state index contributed by atoms with van der Waals surface area (Å²) in [4.78, 5) is 11.1. The third-order valence-electron chi connectivity index (χ3n) is 3.09. The Morgan fingerprint density at radius 2 is 2.07 bits per heavy atom. The maximum atomic E-state index is 11.1. The molecule has 3 nitrogen and oxygen atoms in total. The lowest BCUT2D eigenvalue weighted by atomic mass is 9.88. The van der Waals surface area contributed by atoms with Crippen molar-refractivity contribution in [3.8, 4) is 5.75 Å². The summed E-state index contributed by atoms with van der Waals surface area (Å²) >= 11 is 0. The van der Waals surface area contributed by atoms with Gasteiger partial charge in [0.15, 0.2) is 0 Å². The number of hydrogen-bond donors (Lipinski definition) is 1. The molecule has 0 saturated heterocycles. The lowest BCUT2D eigenvalue weighted by Gasteiger charge is -2.16. The van der Waals surface area contributed by atoms with E-state index in [0.29, 0.717) is 12.8 Å². The number of carboxylic acid groups (broad SMARTS) is 1. The van der Waals surface area contributed by atoms with Crippen LogP contribution in [0.1, 0.15) is 18.1 Å². The molecule has 1 aromatic carbocycles. The Labute approximate surface area is 88.7 Å². The van der Waals surface area contributed by atoms with Gasteiger partial charge in [0.2, 0.25) is 0 Å². The van der Waals surface area contributed by atoms with Gasteiger partial charge in [0.25, 0.3) is 0 Å².